The first-order chi connectivity index (χ1) is 17.2. The van der Waals surface area contributed by atoms with Gasteiger partial charge in [-0.05, 0) is 79.5 Å². The van der Waals surface area contributed by atoms with Gasteiger partial charge in [0.1, 0.15) is 16.1 Å². The van der Waals surface area contributed by atoms with E-state index in [1.807, 2.05) is 30.4 Å². The van der Waals surface area contributed by atoms with Crippen molar-refractivity contribution < 1.29 is 9.18 Å². The summed E-state index contributed by atoms with van der Waals surface area (Å²) >= 11 is 24.3. The largest absolute Gasteiger partial charge is 0.307 e. The zero-order valence-corrected chi connectivity index (χ0v) is 22.2. The lowest BCUT2D eigenvalue weighted by atomic mass is 9.74. The van der Waals surface area contributed by atoms with E-state index >= 15 is 0 Å². The average molecular weight is 565 g/mol. The molecule has 2 aliphatic heterocycles. The topological polar surface area (TPSA) is 36.4 Å². The molecule has 2 aromatic carbocycles. The Hall–Kier alpha value is -2.15. The summed E-state index contributed by atoms with van der Waals surface area (Å²) in [4.78, 5) is 21.6. The second-order valence-corrected chi connectivity index (χ2v) is 10.8. The number of halogens is 5. The van der Waals surface area contributed by atoms with Crippen LogP contribution < -0.4 is 4.90 Å². The first-order valence-corrected chi connectivity index (χ1v) is 13.0. The third kappa shape index (κ3) is 5.13. The molecule has 5 rings (SSSR count). The van der Waals surface area contributed by atoms with Gasteiger partial charge in [0.05, 0.1) is 5.02 Å². The van der Waals surface area contributed by atoms with Crippen LogP contribution in [0, 0.1) is 5.82 Å². The monoisotopic (exact) mass is 563 g/mol. The summed E-state index contributed by atoms with van der Waals surface area (Å²) in [7, 11) is 0. The normalized spacial score (nSPS) is 17.2. The molecule has 0 atom stereocenters. The van der Waals surface area contributed by atoms with E-state index < -0.39 is 5.82 Å². The molecule has 3 aromatic rings. The number of piperidine rings is 1. The number of amides is 1. The highest BCUT2D eigenvalue weighted by atomic mass is 35.5. The van der Waals surface area contributed by atoms with Gasteiger partial charge < -0.3 is 4.90 Å². The highest BCUT2D eigenvalue weighted by Gasteiger charge is 2.46. The molecular weight excluding hydrogens is 543 g/mol. The maximum absolute atomic E-state index is 13.7. The molecule has 2 aliphatic rings. The van der Waals surface area contributed by atoms with Crippen LogP contribution in [-0.4, -0.2) is 42.0 Å². The molecule has 1 amide bonds. The zero-order chi connectivity index (χ0) is 25.4. The highest BCUT2D eigenvalue weighted by molar-refractivity contribution is 6.33. The molecule has 0 radical (unpaired) electrons. The first kappa shape index (κ1) is 25.5. The highest BCUT2D eigenvalue weighted by Crippen LogP contribution is 2.48. The molecule has 4 nitrogen and oxygen atoms in total. The fraction of sp³-hybridized carbons (Fsp3) is 0.259. The van der Waals surface area contributed by atoms with Crippen molar-refractivity contribution in [3.8, 4) is 0 Å². The van der Waals surface area contributed by atoms with Crippen LogP contribution in [0.1, 0.15) is 34.3 Å². The lowest BCUT2D eigenvalue weighted by molar-refractivity contribution is 0.0977. The van der Waals surface area contributed by atoms with E-state index in [1.165, 1.54) is 18.2 Å². The van der Waals surface area contributed by atoms with Crippen molar-refractivity contribution in [3.63, 3.8) is 0 Å². The van der Waals surface area contributed by atoms with E-state index in [0.717, 1.165) is 49.3 Å². The van der Waals surface area contributed by atoms with E-state index in [0.29, 0.717) is 17.1 Å². The van der Waals surface area contributed by atoms with E-state index in [4.69, 9.17) is 46.4 Å². The number of carbonyl (C=O) groups excluding carboxylic acids is 1. The van der Waals surface area contributed by atoms with Crippen molar-refractivity contribution in [2.75, 3.05) is 31.1 Å². The molecule has 0 saturated carbocycles. The summed E-state index contributed by atoms with van der Waals surface area (Å²) in [5.41, 5.74) is 2.96. The van der Waals surface area contributed by atoms with E-state index in [9.17, 15) is 9.18 Å². The Bertz CT molecular complexity index is 1330. The second-order valence-electron chi connectivity index (χ2n) is 9.21. The number of fused-ring (bicyclic) bond motifs is 2. The van der Waals surface area contributed by atoms with Crippen molar-refractivity contribution >= 4 is 64.1 Å². The average Bonchev–Trinajstić information content (AvgIpc) is 3.14. The predicted octanol–water partition coefficient (Wildman–Crippen LogP) is 7.54. The molecule has 9 heteroatoms. The van der Waals surface area contributed by atoms with Gasteiger partial charge in [0.15, 0.2) is 0 Å². The fourth-order valence-electron chi connectivity index (χ4n) is 5.11. The Kier molecular flexibility index (Phi) is 7.30. The van der Waals surface area contributed by atoms with Gasteiger partial charge in [-0.25, -0.2) is 9.37 Å². The van der Waals surface area contributed by atoms with Gasteiger partial charge in [-0.15, -0.1) is 0 Å². The van der Waals surface area contributed by atoms with Crippen molar-refractivity contribution in [1.82, 2.24) is 9.88 Å². The zero-order valence-electron chi connectivity index (χ0n) is 19.2. The van der Waals surface area contributed by atoms with Gasteiger partial charge in [-0.1, -0.05) is 64.6 Å². The van der Waals surface area contributed by atoms with Crippen LogP contribution in [0.5, 0.6) is 0 Å². The minimum Gasteiger partial charge on any atom is -0.307 e. The van der Waals surface area contributed by atoms with Crippen molar-refractivity contribution in [1.29, 1.82) is 0 Å². The Balaban J connectivity index is 1.32. The number of pyridine rings is 1. The van der Waals surface area contributed by atoms with Crippen LogP contribution >= 0.6 is 46.4 Å². The minimum absolute atomic E-state index is 0.119. The molecule has 0 unspecified atom stereocenters. The Morgan fingerprint density at radius 3 is 2.42 bits per heavy atom. The minimum atomic E-state index is -0.423. The van der Waals surface area contributed by atoms with Gasteiger partial charge in [-0.3, -0.25) is 9.69 Å². The van der Waals surface area contributed by atoms with Crippen molar-refractivity contribution in [2.45, 2.75) is 18.3 Å². The molecule has 186 valence electrons. The molecule has 0 bridgehead atoms. The lowest BCUT2D eigenvalue weighted by Crippen LogP contribution is -2.46. The molecule has 1 fully saturated rings. The Morgan fingerprint density at radius 1 is 1.00 bits per heavy atom. The molecule has 36 heavy (non-hydrogen) atoms. The summed E-state index contributed by atoms with van der Waals surface area (Å²) in [6.07, 6.45) is 5.70. The second kappa shape index (κ2) is 10.3. The van der Waals surface area contributed by atoms with Crippen molar-refractivity contribution in [2.24, 2.45) is 0 Å². The third-order valence-corrected chi connectivity index (χ3v) is 7.90. The molecule has 3 heterocycles. The number of aromatic nitrogens is 1. The van der Waals surface area contributed by atoms with Gasteiger partial charge in [0, 0.05) is 34.8 Å². The Morgan fingerprint density at radius 2 is 1.72 bits per heavy atom. The molecular formula is C27H22Cl4FN3O. The molecule has 1 spiro atoms. The molecule has 0 aliphatic carbocycles. The third-order valence-electron chi connectivity index (χ3n) is 6.97. The van der Waals surface area contributed by atoms with Crippen LogP contribution in [0.3, 0.4) is 0 Å². The summed E-state index contributed by atoms with van der Waals surface area (Å²) < 4.78 is 13.7. The number of benzene rings is 2. The standard InChI is InChI=1S/C27H22Cl4FN3O/c28-19-4-6-23-20(15-19)27(16-35(23)26(36)18-13-24(30)33-25(31)14-18)7-10-34(11-8-27)9-1-2-17-3-5-21(29)22(32)12-17/h1-6,12-15H,7-11,16H2/b2-1+. The number of hydrogen-bond donors (Lipinski definition) is 0. The van der Waals surface area contributed by atoms with E-state index in [-0.39, 0.29) is 26.7 Å². The van der Waals surface area contributed by atoms with Crippen molar-refractivity contribution in [3.05, 3.63) is 97.5 Å². The number of nitrogens with zero attached hydrogens (tertiary/aromatic N) is 3. The number of likely N-dealkylation sites (tertiary alicyclic amines) is 1. The number of hydrogen-bond acceptors (Lipinski definition) is 3. The molecule has 1 aromatic heterocycles. The number of rotatable bonds is 4. The fourth-order valence-corrected chi connectivity index (χ4v) is 5.86. The van der Waals surface area contributed by atoms with Gasteiger partial charge in [0.25, 0.3) is 5.91 Å². The maximum Gasteiger partial charge on any atom is 0.258 e. The summed E-state index contributed by atoms with van der Waals surface area (Å²) in [5, 5.41) is 1.13. The van der Waals surface area contributed by atoms with Gasteiger partial charge >= 0.3 is 0 Å². The first-order valence-electron chi connectivity index (χ1n) is 11.5. The van der Waals surface area contributed by atoms with Gasteiger partial charge in [-0.2, -0.15) is 0 Å². The van der Waals surface area contributed by atoms with E-state index in [1.54, 1.807) is 17.0 Å². The van der Waals surface area contributed by atoms with Crippen LogP contribution in [0.2, 0.25) is 20.4 Å². The molecule has 0 N–H and O–H groups in total. The lowest BCUT2D eigenvalue weighted by Gasteiger charge is -2.39. The number of anilines is 1. The van der Waals surface area contributed by atoms with Crippen LogP contribution in [0.4, 0.5) is 10.1 Å². The summed E-state index contributed by atoms with van der Waals surface area (Å²) in [6, 6.07) is 13.6. The van der Waals surface area contributed by atoms with Crippen LogP contribution in [0.25, 0.3) is 6.08 Å². The van der Waals surface area contributed by atoms with E-state index in [2.05, 4.69) is 9.88 Å². The Labute approximate surface area is 229 Å². The summed E-state index contributed by atoms with van der Waals surface area (Å²) in [6.45, 7) is 3.03. The van der Waals surface area contributed by atoms with Crippen LogP contribution in [-0.2, 0) is 5.41 Å². The quantitative estimate of drug-likeness (QED) is 0.307. The summed E-state index contributed by atoms with van der Waals surface area (Å²) in [5.74, 6) is -0.588. The molecule has 1 saturated heterocycles. The maximum atomic E-state index is 13.7. The van der Waals surface area contributed by atoms with Gasteiger partial charge in [0.2, 0.25) is 0 Å². The predicted molar refractivity (Wildman–Crippen MR) is 145 cm³/mol. The smallest absolute Gasteiger partial charge is 0.258 e. The number of carbonyl (C=O) groups is 1. The van der Waals surface area contributed by atoms with Crippen LogP contribution in [0.15, 0.2) is 54.6 Å². The SMILES string of the molecule is O=C(c1cc(Cl)nc(Cl)c1)N1CC2(CCN(C/C=C/c3ccc(Cl)c(F)c3)CC2)c2cc(Cl)ccc21.